The third kappa shape index (κ3) is 11.9. The Balaban J connectivity index is 2.06. The molecule has 0 atom stereocenters. The van der Waals surface area contributed by atoms with Gasteiger partial charge in [-0.1, -0.05) is 62.6 Å². The number of aromatic hydroxyl groups is 1. The van der Waals surface area contributed by atoms with E-state index in [4.69, 9.17) is 5.11 Å². The van der Waals surface area contributed by atoms with E-state index in [9.17, 15) is 14.7 Å². The van der Waals surface area contributed by atoms with Crippen molar-refractivity contribution in [3.63, 3.8) is 0 Å². The number of carboxylic acids is 1. The summed E-state index contributed by atoms with van der Waals surface area (Å²) in [6.07, 6.45) is 23.0. The lowest BCUT2D eigenvalue weighted by Gasteiger charge is -2.07. The number of nitrogens with one attached hydrogen (secondary N) is 1. The lowest BCUT2D eigenvalue weighted by molar-refractivity contribution is -0.116. The predicted octanol–water partition coefficient (Wildman–Crippen LogP) is 6.62. The van der Waals surface area contributed by atoms with Crippen molar-refractivity contribution in [2.45, 2.75) is 71.1 Å². The minimum Gasteiger partial charge on any atom is -0.507 e. The van der Waals surface area contributed by atoms with Gasteiger partial charge in [0, 0.05) is 12.1 Å². The molecule has 3 N–H and O–H groups in total. The lowest BCUT2D eigenvalue weighted by atomic mass is 10.1. The summed E-state index contributed by atoms with van der Waals surface area (Å²) in [6.45, 7) is 2.14. The molecule has 1 amide bonds. The SMILES string of the molecule is CCC=CCC=CCC=CCCCCCCCC(=O)Nc1ccc(O)c(C(=O)O)c1. The molecule has 0 aliphatic heterocycles. The van der Waals surface area contributed by atoms with E-state index in [0.717, 1.165) is 57.8 Å². The van der Waals surface area contributed by atoms with Gasteiger partial charge in [0.25, 0.3) is 0 Å². The van der Waals surface area contributed by atoms with Crippen molar-refractivity contribution in [2.24, 2.45) is 0 Å². The third-order valence-corrected chi connectivity index (χ3v) is 4.57. The Morgan fingerprint density at radius 2 is 1.53 bits per heavy atom. The number of allylic oxidation sites excluding steroid dienone is 6. The standard InChI is InChI=1S/C25H35NO4/c1-2-3-4-5-6-7-8-9-10-11-12-13-14-15-16-17-24(28)26-21-18-19-23(27)22(20-21)25(29)30/h3-4,6-7,9-10,18-20,27H,2,5,8,11-17H2,1H3,(H,26,28)(H,29,30). The van der Waals surface area contributed by atoms with Crippen LogP contribution < -0.4 is 5.32 Å². The Kier molecular flexibility index (Phi) is 13.5. The molecule has 0 spiro atoms. The van der Waals surface area contributed by atoms with Crippen molar-refractivity contribution in [1.29, 1.82) is 0 Å². The molecule has 0 radical (unpaired) electrons. The highest BCUT2D eigenvalue weighted by Crippen LogP contribution is 2.21. The van der Waals surface area contributed by atoms with Crippen molar-refractivity contribution < 1.29 is 19.8 Å². The zero-order valence-electron chi connectivity index (χ0n) is 18.0. The van der Waals surface area contributed by atoms with Gasteiger partial charge < -0.3 is 15.5 Å². The van der Waals surface area contributed by atoms with Crippen LogP contribution in [0.4, 0.5) is 5.69 Å². The first kappa shape index (κ1) is 25.2. The summed E-state index contributed by atoms with van der Waals surface area (Å²) >= 11 is 0. The fourth-order valence-electron chi connectivity index (χ4n) is 2.91. The maximum Gasteiger partial charge on any atom is 0.339 e. The van der Waals surface area contributed by atoms with Gasteiger partial charge in [-0.15, -0.1) is 0 Å². The fraction of sp³-hybridized carbons (Fsp3) is 0.440. The molecule has 164 valence electrons. The minimum absolute atomic E-state index is 0.141. The number of amides is 1. The van der Waals surface area contributed by atoms with Crippen LogP contribution in [0.5, 0.6) is 5.75 Å². The molecule has 30 heavy (non-hydrogen) atoms. The first-order chi connectivity index (χ1) is 14.5. The minimum atomic E-state index is -1.23. The number of anilines is 1. The van der Waals surface area contributed by atoms with Crippen molar-refractivity contribution in [2.75, 3.05) is 5.32 Å². The highest BCUT2D eigenvalue weighted by atomic mass is 16.4. The molecular formula is C25H35NO4. The second-order valence-corrected chi connectivity index (χ2v) is 7.19. The molecule has 0 bridgehead atoms. The van der Waals surface area contributed by atoms with Crippen molar-refractivity contribution in [1.82, 2.24) is 0 Å². The van der Waals surface area contributed by atoms with E-state index in [1.807, 2.05) is 0 Å². The highest BCUT2D eigenvalue weighted by Gasteiger charge is 2.11. The number of hydrogen-bond donors (Lipinski definition) is 3. The van der Waals surface area contributed by atoms with Gasteiger partial charge >= 0.3 is 5.97 Å². The van der Waals surface area contributed by atoms with Crippen molar-refractivity contribution in [3.05, 3.63) is 60.2 Å². The molecule has 0 unspecified atom stereocenters. The van der Waals surface area contributed by atoms with Gasteiger partial charge in [0.15, 0.2) is 0 Å². The molecule has 0 aliphatic rings. The van der Waals surface area contributed by atoms with E-state index >= 15 is 0 Å². The van der Waals surface area contributed by atoms with Crippen LogP contribution >= 0.6 is 0 Å². The summed E-state index contributed by atoms with van der Waals surface area (Å²) in [4.78, 5) is 23.0. The van der Waals surface area contributed by atoms with Crippen LogP contribution in [-0.4, -0.2) is 22.1 Å². The summed E-state index contributed by atoms with van der Waals surface area (Å²) < 4.78 is 0. The molecule has 0 fully saturated rings. The summed E-state index contributed by atoms with van der Waals surface area (Å²) in [5.74, 6) is -1.68. The zero-order valence-corrected chi connectivity index (χ0v) is 18.0. The molecule has 1 aromatic carbocycles. The summed E-state index contributed by atoms with van der Waals surface area (Å²) in [7, 11) is 0. The number of rotatable bonds is 15. The van der Waals surface area contributed by atoms with E-state index in [2.05, 4.69) is 48.7 Å². The van der Waals surface area contributed by atoms with Gasteiger partial charge in [0.1, 0.15) is 11.3 Å². The monoisotopic (exact) mass is 413 g/mol. The topological polar surface area (TPSA) is 86.6 Å². The second-order valence-electron chi connectivity index (χ2n) is 7.19. The van der Waals surface area contributed by atoms with E-state index in [0.29, 0.717) is 12.1 Å². The average Bonchev–Trinajstić information content (AvgIpc) is 2.72. The lowest BCUT2D eigenvalue weighted by Crippen LogP contribution is -2.11. The molecule has 0 saturated heterocycles. The molecule has 0 saturated carbocycles. The summed E-state index contributed by atoms with van der Waals surface area (Å²) in [5.41, 5.74) is 0.163. The normalized spacial score (nSPS) is 11.6. The molecule has 5 heteroatoms. The van der Waals surface area contributed by atoms with Crippen LogP contribution in [0.2, 0.25) is 0 Å². The van der Waals surface area contributed by atoms with Crippen LogP contribution in [0.15, 0.2) is 54.7 Å². The number of aromatic carboxylic acids is 1. The summed E-state index contributed by atoms with van der Waals surface area (Å²) in [5, 5.41) is 21.2. The van der Waals surface area contributed by atoms with E-state index in [1.54, 1.807) is 0 Å². The largest absolute Gasteiger partial charge is 0.507 e. The van der Waals surface area contributed by atoms with E-state index in [1.165, 1.54) is 18.2 Å². The van der Waals surface area contributed by atoms with Gasteiger partial charge in [0.05, 0.1) is 0 Å². The maximum atomic E-state index is 12.0. The first-order valence-corrected chi connectivity index (χ1v) is 10.9. The van der Waals surface area contributed by atoms with Gasteiger partial charge in [-0.2, -0.15) is 0 Å². The van der Waals surface area contributed by atoms with Crippen LogP contribution in [0.1, 0.15) is 81.5 Å². The van der Waals surface area contributed by atoms with Crippen LogP contribution in [0.3, 0.4) is 0 Å². The van der Waals surface area contributed by atoms with Gasteiger partial charge in [-0.3, -0.25) is 4.79 Å². The Bertz CT molecular complexity index is 735. The van der Waals surface area contributed by atoms with Crippen molar-refractivity contribution >= 4 is 17.6 Å². The number of carbonyl (C=O) groups is 2. The Morgan fingerprint density at radius 1 is 0.900 bits per heavy atom. The molecule has 0 aliphatic carbocycles. The smallest absolute Gasteiger partial charge is 0.339 e. The van der Waals surface area contributed by atoms with Crippen molar-refractivity contribution in [3.8, 4) is 5.75 Å². The van der Waals surface area contributed by atoms with E-state index < -0.39 is 5.97 Å². The van der Waals surface area contributed by atoms with Crippen LogP contribution in [0, 0.1) is 0 Å². The molecule has 0 aromatic heterocycles. The fourth-order valence-corrected chi connectivity index (χ4v) is 2.91. The first-order valence-electron chi connectivity index (χ1n) is 10.9. The molecule has 0 heterocycles. The van der Waals surface area contributed by atoms with Crippen LogP contribution in [0.25, 0.3) is 0 Å². The number of hydrogen-bond acceptors (Lipinski definition) is 3. The Morgan fingerprint density at radius 3 is 2.23 bits per heavy atom. The molecule has 1 aromatic rings. The molecule has 1 rings (SSSR count). The predicted molar refractivity (Wildman–Crippen MR) is 123 cm³/mol. The highest BCUT2D eigenvalue weighted by molar-refractivity contribution is 5.95. The quantitative estimate of drug-likeness (QED) is 0.171. The zero-order chi connectivity index (χ0) is 22.0. The Labute approximate surface area is 180 Å². The second kappa shape index (κ2) is 16.0. The van der Waals surface area contributed by atoms with Gasteiger partial charge in [-0.25, -0.2) is 4.79 Å². The number of benzene rings is 1. The van der Waals surface area contributed by atoms with Gasteiger partial charge in [0.2, 0.25) is 5.91 Å². The molecule has 5 nitrogen and oxygen atoms in total. The number of phenols is 1. The Hall–Kier alpha value is -2.82. The maximum absolute atomic E-state index is 12.0. The van der Waals surface area contributed by atoms with Gasteiger partial charge in [-0.05, 0) is 56.7 Å². The number of carboxylic acid groups (broad SMARTS) is 1. The molecular weight excluding hydrogens is 378 g/mol. The average molecular weight is 414 g/mol. The third-order valence-electron chi connectivity index (χ3n) is 4.57. The number of carbonyl (C=O) groups excluding carboxylic acids is 1. The van der Waals surface area contributed by atoms with E-state index in [-0.39, 0.29) is 17.2 Å². The number of unbranched alkanes of at least 4 members (excludes halogenated alkanes) is 5. The van der Waals surface area contributed by atoms with Crippen LogP contribution in [-0.2, 0) is 4.79 Å². The summed E-state index contributed by atoms with van der Waals surface area (Å²) in [6, 6.07) is 4.03.